The van der Waals surface area contributed by atoms with Gasteiger partial charge in [-0.1, -0.05) is 19.8 Å². The molecule has 0 rings (SSSR count). The van der Waals surface area contributed by atoms with Gasteiger partial charge in [0.05, 0.1) is 0 Å². The third-order valence-electron chi connectivity index (χ3n) is 3.35. The van der Waals surface area contributed by atoms with Crippen molar-refractivity contribution in [2.45, 2.75) is 65.0 Å². The van der Waals surface area contributed by atoms with E-state index in [4.69, 9.17) is 5.11 Å². The average Bonchev–Trinajstić information content (AvgIpc) is 2.31. The molecule has 0 saturated carbocycles. The fourth-order valence-electron chi connectivity index (χ4n) is 1.74. The highest BCUT2D eigenvalue weighted by atomic mass is 16.4. The lowest BCUT2D eigenvalue weighted by molar-refractivity contribution is -0.139. The molecule has 0 spiro atoms. The van der Waals surface area contributed by atoms with Crippen LogP contribution in [0.5, 0.6) is 0 Å². The Bertz CT molecular complexity index is 220. The Labute approximate surface area is 112 Å². The van der Waals surface area contributed by atoms with E-state index in [2.05, 4.69) is 38.0 Å². The Morgan fingerprint density at radius 3 is 2.44 bits per heavy atom. The summed E-state index contributed by atoms with van der Waals surface area (Å²) in [5.74, 6) is -0.720. The van der Waals surface area contributed by atoms with Gasteiger partial charge in [-0.3, -0.25) is 4.79 Å². The molecule has 2 N–H and O–H groups in total. The molecule has 0 saturated heterocycles. The third kappa shape index (κ3) is 8.48. The predicted octanol–water partition coefficient (Wildman–Crippen LogP) is 2.34. The van der Waals surface area contributed by atoms with Gasteiger partial charge in [0.2, 0.25) is 0 Å². The van der Waals surface area contributed by atoms with Crippen molar-refractivity contribution in [1.29, 1.82) is 0 Å². The van der Waals surface area contributed by atoms with Crippen molar-refractivity contribution >= 4 is 5.97 Å². The number of carbonyl (C=O) groups is 1. The van der Waals surface area contributed by atoms with Gasteiger partial charge in [0.1, 0.15) is 6.04 Å². The zero-order valence-electron chi connectivity index (χ0n) is 12.4. The monoisotopic (exact) mass is 258 g/mol. The molecule has 0 aromatic rings. The number of carboxylic acid groups (broad SMARTS) is 1. The first-order valence-electron chi connectivity index (χ1n) is 7.15. The molecule has 18 heavy (non-hydrogen) atoms. The second-order valence-corrected chi connectivity index (χ2v) is 5.27. The summed E-state index contributed by atoms with van der Waals surface area (Å²) in [5, 5.41) is 12.2. The SMILES string of the molecule is CCCCC(NCCCCN(C)C(C)C)C(=O)O. The van der Waals surface area contributed by atoms with E-state index >= 15 is 0 Å². The lowest BCUT2D eigenvalue weighted by Crippen LogP contribution is -2.37. The molecule has 1 atom stereocenters. The predicted molar refractivity (Wildman–Crippen MR) is 76.0 cm³/mol. The van der Waals surface area contributed by atoms with Gasteiger partial charge in [-0.15, -0.1) is 0 Å². The topological polar surface area (TPSA) is 52.6 Å². The van der Waals surface area contributed by atoms with Gasteiger partial charge in [0.15, 0.2) is 0 Å². The second kappa shape index (κ2) is 10.3. The van der Waals surface area contributed by atoms with Crippen molar-refractivity contribution in [2.75, 3.05) is 20.1 Å². The van der Waals surface area contributed by atoms with Crippen LogP contribution in [0, 0.1) is 0 Å². The molecule has 4 nitrogen and oxygen atoms in total. The number of hydrogen-bond donors (Lipinski definition) is 2. The van der Waals surface area contributed by atoms with E-state index in [1.54, 1.807) is 0 Å². The molecule has 0 aliphatic carbocycles. The number of carboxylic acids is 1. The largest absolute Gasteiger partial charge is 0.480 e. The molecule has 0 aliphatic heterocycles. The summed E-state index contributed by atoms with van der Waals surface area (Å²) in [6.07, 6.45) is 4.90. The first-order valence-corrected chi connectivity index (χ1v) is 7.15. The first-order chi connectivity index (χ1) is 8.49. The van der Waals surface area contributed by atoms with Crippen LogP contribution in [0.25, 0.3) is 0 Å². The molecule has 0 heterocycles. The number of rotatable bonds is 11. The maximum absolute atomic E-state index is 11.0. The van der Waals surface area contributed by atoms with E-state index in [9.17, 15) is 4.79 Å². The van der Waals surface area contributed by atoms with Crippen molar-refractivity contribution in [3.63, 3.8) is 0 Å². The Hall–Kier alpha value is -0.610. The van der Waals surface area contributed by atoms with E-state index in [0.717, 1.165) is 45.2 Å². The molecule has 0 fully saturated rings. The van der Waals surface area contributed by atoms with Gasteiger partial charge in [-0.2, -0.15) is 0 Å². The Kier molecular flexibility index (Phi) is 9.98. The fraction of sp³-hybridized carbons (Fsp3) is 0.929. The molecule has 0 bridgehead atoms. The van der Waals surface area contributed by atoms with Crippen molar-refractivity contribution in [3.8, 4) is 0 Å². The number of nitrogens with zero attached hydrogens (tertiary/aromatic N) is 1. The molecule has 0 aliphatic rings. The number of unbranched alkanes of at least 4 members (excludes halogenated alkanes) is 2. The van der Waals surface area contributed by atoms with E-state index in [0.29, 0.717) is 6.04 Å². The maximum atomic E-state index is 11.0. The van der Waals surface area contributed by atoms with Crippen LogP contribution in [0.4, 0.5) is 0 Å². The first kappa shape index (κ1) is 17.4. The van der Waals surface area contributed by atoms with Gasteiger partial charge in [0, 0.05) is 6.04 Å². The van der Waals surface area contributed by atoms with Crippen LogP contribution in [0.15, 0.2) is 0 Å². The van der Waals surface area contributed by atoms with Gasteiger partial charge in [-0.05, 0) is 53.2 Å². The fourth-order valence-corrected chi connectivity index (χ4v) is 1.74. The highest BCUT2D eigenvalue weighted by molar-refractivity contribution is 5.73. The minimum Gasteiger partial charge on any atom is -0.480 e. The zero-order chi connectivity index (χ0) is 14.0. The standard InChI is InChI=1S/C14H30N2O2/c1-5-6-9-13(14(17)18)15-10-7-8-11-16(4)12(2)3/h12-13,15H,5-11H2,1-4H3,(H,17,18). The molecule has 0 aromatic heterocycles. The molecule has 4 heteroatoms. The quantitative estimate of drug-likeness (QED) is 0.559. The number of hydrogen-bond acceptors (Lipinski definition) is 3. The van der Waals surface area contributed by atoms with E-state index < -0.39 is 5.97 Å². The van der Waals surface area contributed by atoms with Crippen LogP contribution in [-0.4, -0.2) is 48.2 Å². The lowest BCUT2D eigenvalue weighted by Gasteiger charge is -2.21. The smallest absolute Gasteiger partial charge is 0.320 e. The summed E-state index contributed by atoms with van der Waals surface area (Å²) in [6.45, 7) is 8.33. The second-order valence-electron chi connectivity index (χ2n) is 5.27. The normalized spacial score (nSPS) is 13.2. The Morgan fingerprint density at radius 1 is 1.28 bits per heavy atom. The summed E-state index contributed by atoms with van der Waals surface area (Å²) >= 11 is 0. The highest BCUT2D eigenvalue weighted by Crippen LogP contribution is 2.02. The summed E-state index contributed by atoms with van der Waals surface area (Å²) in [5.41, 5.74) is 0. The number of aliphatic carboxylic acids is 1. The van der Waals surface area contributed by atoms with Gasteiger partial charge in [0.25, 0.3) is 0 Å². The van der Waals surface area contributed by atoms with Gasteiger partial charge >= 0.3 is 5.97 Å². The van der Waals surface area contributed by atoms with E-state index in [1.807, 2.05) is 0 Å². The lowest BCUT2D eigenvalue weighted by atomic mass is 10.1. The van der Waals surface area contributed by atoms with Gasteiger partial charge < -0.3 is 15.3 Å². The van der Waals surface area contributed by atoms with Crippen LogP contribution in [0.2, 0.25) is 0 Å². The summed E-state index contributed by atoms with van der Waals surface area (Å²) in [4.78, 5) is 13.3. The Balaban J connectivity index is 3.64. The molecular weight excluding hydrogens is 228 g/mol. The summed E-state index contributed by atoms with van der Waals surface area (Å²) in [7, 11) is 2.12. The van der Waals surface area contributed by atoms with Crippen molar-refractivity contribution < 1.29 is 9.90 Å². The zero-order valence-corrected chi connectivity index (χ0v) is 12.4. The van der Waals surface area contributed by atoms with Crippen LogP contribution >= 0.6 is 0 Å². The van der Waals surface area contributed by atoms with E-state index in [-0.39, 0.29) is 6.04 Å². The average molecular weight is 258 g/mol. The summed E-state index contributed by atoms with van der Waals surface area (Å²) < 4.78 is 0. The molecular formula is C14H30N2O2. The van der Waals surface area contributed by atoms with E-state index in [1.165, 1.54) is 0 Å². The molecule has 0 amide bonds. The van der Waals surface area contributed by atoms with Crippen molar-refractivity contribution in [3.05, 3.63) is 0 Å². The van der Waals surface area contributed by atoms with Crippen LogP contribution in [0.3, 0.4) is 0 Å². The Morgan fingerprint density at radius 2 is 1.94 bits per heavy atom. The summed E-state index contributed by atoms with van der Waals surface area (Å²) in [6, 6.07) is 0.210. The maximum Gasteiger partial charge on any atom is 0.320 e. The van der Waals surface area contributed by atoms with Crippen molar-refractivity contribution in [1.82, 2.24) is 10.2 Å². The molecule has 0 radical (unpaired) electrons. The minimum absolute atomic E-state index is 0.368. The third-order valence-corrected chi connectivity index (χ3v) is 3.35. The van der Waals surface area contributed by atoms with Gasteiger partial charge in [-0.25, -0.2) is 0 Å². The number of nitrogens with one attached hydrogen (secondary N) is 1. The molecule has 0 aromatic carbocycles. The molecule has 108 valence electrons. The van der Waals surface area contributed by atoms with Crippen LogP contribution in [-0.2, 0) is 4.79 Å². The van der Waals surface area contributed by atoms with Crippen molar-refractivity contribution in [2.24, 2.45) is 0 Å². The van der Waals surface area contributed by atoms with Crippen LogP contribution in [0.1, 0.15) is 52.9 Å². The molecule has 1 unspecified atom stereocenters. The highest BCUT2D eigenvalue weighted by Gasteiger charge is 2.15. The van der Waals surface area contributed by atoms with Crippen LogP contribution < -0.4 is 5.32 Å². The minimum atomic E-state index is -0.720.